The number of phenolic OH excluding ortho intramolecular Hbond substituents is 2. The average Bonchev–Trinajstić information content (AvgIpc) is 3.07. The van der Waals surface area contributed by atoms with Crippen molar-refractivity contribution in [3.8, 4) is 34.5 Å². The van der Waals surface area contributed by atoms with Gasteiger partial charge in [0.2, 0.25) is 0 Å². The minimum absolute atomic E-state index is 0.0183. The van der Waals surface area contributed by atoms with Crippen LogP contribution in [0.4, 0.5) is 0 Å². The first-order valence-electron chi connectivity index (χ1n) is 14.8. The van der Waals surface area contributed by atoms with E-state index in [2.05, 4.69) is 68.7 Å². The minimum Gasteiger partial charge on any atom is -0.504 e. The molecule has 15 heteroatoms. The summed E-state index contributed by atoms with van der Waals surface area (Å²) < 4.78 is 13.4. The number of hydrogen-bond acceptors (Lipinski definition) is 10. The Balaban J connectivity index is 1.44. The number of aromatic hydroxyl groups is 2. The number of nitrogens with zero attached hydrogens (tertiary/aromatic N) is 2. The summed E-state index contributed by atoms with van der Waals surface area (Å²) in [5.74, 6) is -0.349. The number of carbonyl (C=O) groups excluding carboxylic acids is 2. The quantitative estimate of drug-likeness (QED) is 0.0830. The first-order chi connectivity index (χ1) is 23.5. The summed E-state index contributed by atoms with van der Waals surface area (Å²) in [5.41, 5.74) is 2.52. The number of oxime groups is 2. The van der Waals surface area contributed by atoms with Crippen molar-refractivity contribution < 1.29 is 39.7 Å². The van der Waals surface area contributed by atoms with Crippen LogP contribution in [0.3, 0.4) is 0 Å². The van der Waals surface area contributed by atoms with Crippen LogP contribution in [0.1, 0.15) is 22.3 Å². The van der Waals surface area contributed by atoms with Gasteiger partial charge in [0.05, 0.1) is 13.4 Å². The molecular weight excluding hydrogens is 832 g/mol. The second-order valence-electron chi connectivity index (χ2n) is 10.9. The maximum atomic E-state index is 13.0. The molecule has 4 aromatic rings. The number of fused-ring (bicyclic) bond motifs is 2. The normalized spacial score (nSPS) is 16.3. The Morgan fingerprint density at radius 2 is 1.04 bits per heavy atom. The molecule has 0 saturated heterocycles. The molecule has 7 rings (SSSR count). The van der Waals surface area contributed by atoms with Gasteiger partial charge in [-0.2, -0.15) is 0 Å². The average molecular weight is 861 g/mol. The number of hydrogen-bond donors (Lipinski definition) is 6. The molecule has 0 aromatic heterocycles. The summed E-state index contributed by atoms with van der Waals surface area (Å²) >= 11 is 10.3. The van der Waals surface area contributed by atoms with E-state index in [1.165, 1.54) is 12.1 Å². The van der Waals surface area contributed by atoms with Crippen molar-refractivity contribution in [3.05, 3.63) is 102 Å². The molecule has 49 heavy (non-hydrogen) atoms. The third kappa shape index (κ3) is 9.10. The van der Waals surface area contributed by atoms with E-state index in [0.29, 0.717) is 44.4 Å². The zero-order chi connectivity index (χ0) is 35.1. The van der Waals surface area contributed by atoms with Crippen LogP contribution in [-0.2, 0) is 35.3 Å². The molecule has 4 aromatic carbocycles. The molecule has 254 valence electrons. The zero-order valence-electron chi connectivity index (χ0n) is 25.5. The summed E-state index contributed by atoms with van der Waals surface area (Å²) in [6, 6.07) is 18.3. The highest BCUT2D eigenvalue weighted by Crippen LogP contribution is 2.40. The van der Waals surface area contributed by atoms with Gasteiger partial charge in [0.1, 0.15) is 22.9 Å². The molecule has 3 aliphatic heterocycles. The fourth-order valence-electron chi connectivity index (χ4n) is 4.91. The molecular formula is C34H29Br3N4O8. The van der Waals surface area contributed by atoms with Crippen molar-refractivity contribution >= 4 is 71.0 Å². The fourth-order valence-corrected chi connectivity index (χ4v) is 6.42. The zero-order valence-corrected chi connectivity index (χ0v) is 30.3. The van der Waals surface area contributed by atoms with Crippen LogP contribution in [0, 0.1) is 0 Å². The topological polar surface area (TPSA) is 182 Å². The van der Waals surface area contributed by atoms with Crippen molar-refractivity contribution in [3.63, 3.8) is 0 Å². The molecule has 3 aliphatic rings. The molecule has 6 N–H and O–H groups in total. The SMILES string of the molecule is O=C1NCCc2ccc(c(Br)c2)Oc2cc(ccc2O)CCNC(=O)C(=NO)Cc2cc(Br)c(O)c(c2)Oc2ccc(cc2Br)CC1=NO. The lowest BCUT2D eigenvalue weighted by molar-refractivity contribution is -0.115. The van der Waals surface area contributed by atoms with Crippen LogP contribution in [-0.4, -0.2) is 57.0 Å². The van der Waals surface area contributed by atoms with Crippen LogP contribution in [0.5, 0.6) is 34.5 Å². The summed E-state index contributed by atoms with van der Waals surface area (Å²) in [7, 11) is 0. The molecule has 0 spiro atoms. The number of nitrogens with one attached hydrogen (secondary N) is 2. The van der Waals surface area contributed by atoms with Crippen molar-refractivity contribution in [2.45, 2.75) is 25.7 Å². The Bertz CT molecular complexity index is 1970. The fraction of sp³-hybridized carbons (Fsp3) is 0.176. The van der Waals surface area contributed by atoms with E-state index in [0.717, 1.165) is 11.1 Å². The van der Waals surface area contributed by atoms with Crippen LogP contribution < -0.4 is 20.1 Å². The predicted octanol–water partition coefficient (Wildman–Crippen LogP) is 6.75. The molecule has 0 fully saturated rings. The molecule has 12 nitrogen and oxygen atoms in total. The maximum Gasteiger partial charge on any atom is 0.269 e. The number of rotatable bonds is 0. The van der Waals surface area contributed by atoms with Gasteiger partial charge in [-0.05, 0) is 131 Å². The Morgan fingerprint density at radius 1 is 0.571 bits per heavy atom. The van der Waals surface area contributed by atoms with Crippen LogP contribution in [0.2, 0.25) is 0 Å². The van der Waals surface area contributed by atoms with Gasteiger partial charge >= 0.3 is 0 Å². The van der Waals surface area contributed by atoms with Gasteiger partial charge in [-0.25, -0.2) is 0 Å². The summed E-state index contributed by atoms with van der Waals surface area (Å²) in [4.78, 5) is 25.8. The third-order valence-electron chi connectivity index (χ3n) is 7.45. The molecule has 3 heterocycles. The number of carbonyl (C=O) groups is 2. The second kappa shape index (κ2) is 16.2. The van der Waals surface area contributed by atoms with E-state index in [1.54, 1.807) is 42.5 Å². The summed E-state index contributed by atoms with van der Waals surface area (Å²) in [6.45, 7) is 0.463. The van der Waals surface area contributed by atoms with Crippen LogP contribution in [0.15, 0.2) is 90.5 Å². The lowest BCUT2D eigenvalue weighted by Gasteiger charge is -2.14. The van der Waals surface area contributed by atoms with Crippen molar-refractivity contribution in [2.75, 3.05) is 13.1 Å². The van der Waals surface area contributed by atoms with E-state index in [1.807, 2.05) is 12.1 Å². The van der Waals surface area contributed by atoms with Crippen molar-refractivity contribution in [2.24, 2.45) is 10.3 Å². The van der Waals surface area contributed by atoms with E-state index in [-0.39, 0.29) is 64.8 Å². The lowest BCUT2D eigenvalue weighted by Crippen LogP contribution is -2.33. The van der Waals surface area contributed by atoms with Gasteiger partial charge in [-0.3, -0.25) is 9.59 Å². The molecule has 0 radical (unpaired) electrons. The Morgan fingerprint density at radius 3 is 1.63 bits per heavy atom. The Kier molecular flexibility index (Phi) is 11.8. The number of halogens is 3. The second-order valence-corrected chi connectivity index (χ2v) is 13.5. The third-order valence-corrected chi connectivity index (χ3v) is 9.30. The maximum absolute atomic E-state index is 13.0. The molecule has 0 unspecified atom stereocenters. The van der Waals surface area contributed by atoms with Crippen molar-refractivity contribution in [1.29, 1.82) is 0 Å². The molecule has 0 aliphatic carbocycles. The van der Waals surface area contributed by atoms with E-state index in [4.69, 9.17) is 9.47 Å². The monoisotopic (exact) mass is 858 g/mol. The van der Waals surface area contributed by atoms with Gasteiger partial charge in [-0.15, -0.1) is 0 Å². The van der Waals surface area contributed by atoms with Crippen LogP contribution in [0.25, 0.3) is 0 Å². The largest absolute Gasteiger partial charge is 0.504 e. The Labute approximate surface area is 305 Å². The number of amides is 2. The number of phenols is 2. The number of ether oxygens (including phenoxy) is 2. The van der Waals surface area contributed by atoms with Gasteiger partial charge in [0, 0.05) is 25.9 Å². The smallest absolute Gasteiger partial charge is 0.269 e. The highest BCUT2D eigenvalue weighted by Gasteiger charge is 2.19. The van der Waals surface area contributed by atoms with Crippen molar-refractivity contribution in [1.82, 2.24) is 10.6 Å². The van der Waals surface area contributed by atoms with E-state index < -0.39 is 11.8 Å². The van der Waals surface area contributed by atoms with Crippen LogP contribution >= 0.6 is 47.8 Å². The summed E-state index contributed by atoms with van der Waals surface area (Å²) in [5, 5.41) is 52.4. The Hall–Kier alpha value is -4.60. The van der Waals surface area contributed by atoms with E-state index >= 15 is 0 Å². The lowest BCUT2D eigenvalue weighted by atomic mass is 10.1. The highest BCUT2D eigenvalue weighted by molar-refractivity contribution is 9.11. The molecule has 0 atom stereocenters. The molecule has 2 amide bonds. The predicted molar refractivity (Wildman–Crippen MR) is 192 cm³/mol. The van der Waals surface area contributed by atoms with Gasteiger partial charge in [0.25, 0.3) is 11.8 Å². The summed E-state index contributed by atoms with van der Waals surface area (Å²) in [6.07, 6.45) is 0.782. The van der Waals surface area contributed by atoms with Gasteiger partial charge in [0.15, 0.2) is 23.0 Å². The standard InChI is InChI=1S/C34H29Br3N4O8/c35-22-11-18-2-5-28(22)48-30-16-19(1-4-27(30)42)8-10-39-34(45)26(41-47)15-21-13-24(37)32(43)31(17-21)49-29-6-3-20(12-23(29)36)14-25(40-46)33(44)38-9-7-18/h1-6,11-13,16-17,42-43,46-47H,7-10,14-15H2,(H,38,44)(H,39,45). The van der Waals surface area contributed by atoms with Gasteiger partial charge < -0.3 is 40.7 Å². The first-order valence-corrected chi connectivity index (χ1v) is 17.2. The molecule has 0 saturated carbocycles. The first kappa shape index (κ1) is 35.7. The number of benzene rings is 4. The minimum atomic E-state index is -0.598. The van der Waals surface area contributed by atoms with Gasteiger partial charge in [-0.1, -0.05) is 28.5 Å². The molecule has 8 bridgehead atoms. The highest BCUT2D eigenvalue weighted by atomic mass is 79.9. The van der Waals surface area contributed by atoms with E-state index in [9.17, 15) is 30.2 Å².